The van der Waals surface area contributed by atoms with Crippen LogP contribution in [0.2, 0.25) is 0 Å². The third-order valence-electron chi connectivity index (χ3n) is 2.71. The molecule has 1 heterocycles. The quantitative estimate of drug-likeness (QED) is 0.516. The van der Waals surface area contributed by atoms with Gasteiger partial charge in [-0.15, -0.1) is 0 Å². The van der Waals surface area contributed by atoms with Crippen LogP contribution in [-0.4, -0.2) is 23.0 Å². The van der Waals surface area contributed by atoms with Gasteiger partial charge in [0.05, 0.1) is 18.4 Å². The molecule has 0 atom stereocenters. The molecule has 8 heteroatoms. The average molecular weight is 324 g/mol. The van der Waals surface area contributed by atoms with Gasteiger partial charge in [0.25, 0.3) is 5.56 Å². The third-order valence-corrected chi connectivity index (χ3v) is 2.91. The average Bonchev–Trinajstić information content (AvgIpc) is 2.46. The first kappa shape index (κ1) is 15.8. The third kappa shape index (κ3) is 3.53. The Bertz CT molecular complexity index is 843. The predicted molar refractivity (Wildman–Crippen MR) is 78.5 cm³/mol. The smallest absolute Gasteiger partial charge is 0.339 e. The van der Waals surface area contributed by atoms with E-state index in [1.54, 1.807) is 0 Å². The Balaban J connectivity index is 2.61. The van der Waals surface area contributed by atoms with Gasteiger partial charge in [-0.05, 0) is 36.0 Å². The van der Waals surface area contributed by atoms with E-state index in [0.717, 1.165) is 25.3 Å². The zero-order valence-electron chi connectivity index (χ0n) is 11.3. The fourth-order valence-electron chi connectivity index (χ4n) is 1.74. The molecule has 22 heavy (non-hydrogen) atoms. The van der Waals surface area contributed by atoms with E-state index in [4.69, 9.17) is 12.2 Å². The number of aromatic amines is 2. The molecule has 0 fully saturated rings. The number of ether oxygens (including phenoxy) is 1. The van der Waals surface area contributed by atoms with E-state index < -0.39 is 23.2 Å². The van der Waals surface area contributed by atoms with Crippen LogP contribution in [0.5, 0.6) is 0 Å². The summed E-state index contributed by atoms with van der Waals surface area (Å²) in [7, 11) is 1.16. The summed E-state index contributed by atoms with van der Waals surface area (Å²) in [5, 5.41) is 0. The minimum absolute atomic E-state index is 0.0163. The van der Waals surface area contributed by atoms with Gasteiger partial charge in [0.2, 0.25) is 0 Å². The van der Waals surface area contributed by atoms with E-state index in [2.05, 4.69) is 14.7 Å². The molecule has 5 nitrogen and oxygen atoms in total. The van der Waals surface area contributed by atoms with E-state index in [1.165, 1.54) is 12.1 Å². The van der Waals surface area contributed by atoms with Crippen molar-refractivity contribution in [3.8, 4) is 0 Å². The molecule has 0 saturated carbocycles. The van der Waals surface area contributed by atoms with Gasteiger partial charge >= 0.3 is 5.97 Å². The van der Waals surface area contributed by atoms with Crippen molar-refractivity contribution in [2.24, 2.45) is 0 Å². The minimum Gasteiger partial charge on any atom is -0.465 e. The van der Waals surface area contributed by atoms with E-state index in [9.17, 15) is 18.4 Å². The molecule has 0 bridgehead atoms. The molecule has 114 valence electrons. The topological polar surface area (TPSA) is 75.0 Å². The molecule has 0 unspecified atom stereocenters. The van der Waals surface area contributed by atoms with Gasteiger partial charge in [-0.2, -0.15) is 0 Å². The first-order valence-electron chi connectivity index (χ1n) is 6.00. The number of esters is 1. The number of aromatic nitrogens is 2. The molecule has 2 rings (SSSR count). The van der Waals surface area contributed by atoms with Crippen LogP contribution >= 0.6 is 12.2 Å². The summed E-state index contributed by atoms with van der Waals surface area (Å²) in [6.07, 6.45) is 1.26. The van der Waals surface area contributed by atoms with Crippen LogP contribution < -0.4 is 5.56 Å². The number of nitrogens with one attached hydrogen (secondary N) is 2. The predicted octanol–water partition coefficient (Wildman–Crippen LogP) is 2.42. The molecule has 1 aromatic carbocycles. The summed E-state index contributed by atoms with van der Waals surface area (Å²) in [5.41, 5.74) is -0.242. The fourth-order valence-corrected chi connectivity index (χ4v) is 1.95. The zero-order chi connectivity index (χ0) is 16.3. The van der Waals surface area contributed by atoms with Gasteiger partial charge in [0.1, 0.15) is 0 Å². The molecule has 0 aliphatic heterocycles. The number of carbonyl (C=O) groups is 1. The summed E-state index contributed by atoms with van der Waals surface area (Å²) >= 11 is 4.83. The van der Waals surface area contributed by atoms with Crippen LogP contribution in [0.3, 0.4) is 0 Å². The summed E-state index contributed by atoms with van der Waals surface area (Å²) in [4.78, 5) is 28.3. The van der Waals surface area contributed by atoms with E-state index in [-0.39, 0.29) is 21.6 Å². The summed E-state index contributed by atoms with van der Waals surface area (Å²) in [6, 6.07) is 4.23. The fraction of sp³-hybridized carbons (Fsp3) is 0.0714. The van der Waals surface area contributed by atoms with Crippen LogP contribution in [-0.2, 0) is 9.53 Å². The van der Waals surface area contributed by atoms with Crippen molar-refractivity contribution in [1.29, 1.82) is 0 Å². The van der Waals surface area contributed by atoms with E-state index in [0.29, 0.717) is 0 Å². The number of methoxy groups -OCH3 is 1. The van der Waals surface area contributed by atoms with Gasteiger partial charge in [-0.25, -0.2) is 13.6 Å². The Morgan fingerprint density at radius 2 is 1.95 bits per heavy atom. The lowest BCUT2D eigenvalue weighted by atomic mass is 10.1. The number of hydrogen-bond acceptors (Lipinski definition) is 4. The van der Waals surface area contributed by atoms with Crippen molar-refractivity contribution in [3.63, 3.8) is 0 Å². The highest BCUT2D eigenvalue weighted by Gasteiger charge is 2.14. The number of hydrogen-bond donors (Lipinski definition) is 2. The Morgan fingerprint density at radius 1 is 1.23 bits per heavy atom. The molecule has 0 aliphatic carbocycles. The van der Waals surface area contributed by atoms with Crippen molar-refractivity contribution in [1.82, 2.24) is 9.97 Å². The van der Waals surface area contributed by atoms with Crippen LogP contribution in [0.15, 0.2) is 29.1 Å². The lowest BCUT2D eigenvalue weighted by Crippen LogP contribution is -2.12. The van der Waals surface area contributed by atoms with Crippen LogP contribution in [0.1, 0.15) is 11.3 Å². The second-order valence-corrected chi connectivity index (χ2v) is 4.63. The first-order chi connectivity index (χ1) is 10.4. The largest absolute Gasteiger partial charge is 0.465 e. The van der Waals surface area contributed by atoms with Gasteiger partial charge in [-0.1, -0.05) is 6.07 Å². The Kier molecular flexibility index (Phi) is 4.62. The summed E-state index contributed by atoms with van der Waals surface area (Å²) in [6.45, 7) is 0. The van der Waals surface area contributed by atoms with Crippen molar-refractivity contribution in [2.45, 2.75) is 0 Å². The molecular weight excluding hydrogens is 314 g/mol. The number of halogens is 2. The maximum absolute atomic E-state index is 13.2. The van der Waals surface area contributed by atoms with Crippen molar-refractivity contribution in [2.75, 3.05) is 7.11 Å². The van der Waals surface area contributed by atoms with Crippen molar-refractivity contribution >= 4 is 29.8 Å². The standard InChI is InChI=1S/C14H10F2N2O3S/c1-21-13(20)8(11-6-12(19)18-14(22)17-11)4-7-2-3-9(15)10(16)5-7/h2-6H,1H3,(H2,17,18,19,22)/b8-4-. The second kappa shape index (κ2) is 6.44. The van der Waals surface area contributed by atoms with Gasteiger partial charge in [0.15, 0.2) is 16.4 Å². The van der Waals surface area contributed by atoms with Crippen molar-refractivity contribution in [3.05, 3.63) is 62.3 Å². The monoisotopic (exact) mass is 324 g/mol. The normalized spacial score (nSPS) is 11.3. The maximum atomic E-state index is 13.2. The second-order valence-electron chi connectivity index (χ2n) is 4.22. The number of carbonyl (C=O) groups excluding carboxylic acids is 1. The molecular formula is C14H10F2N2O3S. The molecule has 2 N–H and O–H groups in total. The summed E-state index contributed by atoms with van der Waals surface area (Å²) < 4.78 is 30.8. The highest BCUT2D eigenvalue weighted by atomic mass is 32.1. The molecule has 0 spiro atoms. The van der Waals surface area contributed by atoms with Gasteiger partial charge in [0, 0.05) is 6.07 Å². The van der Waals surface area contributed by atoms with Crippen molar-refractivity contribution < 1.29 is 18.3 Å². The van der Waals surface area contributed by atoms with Gasteiger partial charge < -0.3 is 9.72 Å². The SMILES string of the molecule is COC(=O)/C(=C\c1ccc(F)c(F)c1)c1cc(=O)[nH]c(=S)[nH]1. The molecule has 0 amide bonds. The number of H-pyrrole nitrogens is 2. The van der Waals surface area contributed by atoms with Crippen LogP contribution in [0.4, 0.5) is 8.78 Å². The minimum atomic E-state index is -1.06. The van der Waals surface area contributed by atoms with E-state index in [1.807, 2.05) is 0 Å². The highest BCUT2D eigenvalue weighted by Crippen LogP contribution is 2.18. The molecule has 0 saturated heterocycles. The maximum Gasteiger partial charge on any atom is 0.339 e. The van der Waals surface area contributed by atoms with E-state index >= 15 is 0 Å². The first-order valence-corrected chi connectivity index (χ1v) is 6.40. The molecule has 1 aromatic heterocycles. The highest BCUT2D eigenvalue weighted by molar-refractivity contribution is 7.71. The van der Waals surface area contributed by atoms with Crippen LogP contribution in [0.25, 0.3) is 11.6 Å². The Labute approximate surface area is 128 Å². The molecule has 0 radical (unpaired) electrons. The lowest BCUT2D eigenvalue weighted by molar-refractivity contribution is -0.133. The number of rotatable bonds is 3. The molecule has 0 aliphatic rings. The van der Waals surface area contributed by atoms with Crippen LogP contribution in [0, 0.1) is 16.4 Å². The number of benzene rings is 1. The lowest BCUT2D eigenvalue weighted by Gasteiger charge is -2.06. The zero-order valence-corrected chi connectivity index (χ0v) is 12.1. The summed E-state index contributed by atoms with van der Waals surface area (Å²) in [5.74, 6) is -2.83. The molecule has 2 aromatic rings. The Hall–Kier alpha value is -2.61. The Morgan fingerprint density at radius 3 is 2.55 bits per heavy atom. The van der Waals surface area contributed by atoms with Gasteiger partial charge in [-0.3, -0.25) is 9.78 Å².